The van der Waals surface area contributed by atoms with Crippen LogP contribution in [0.5, 0.6) is 0 Å². The minimum atomic E-state index is -3.78. The molecule has 1 saturated heterocycles. The maximum atomic E-state index is 14.3. The molecule has 3 heterocycles. The highest BCUT2D eigenvalue weighted by Gasteiger charge is 2.28. The summed E-state index contributed by atoms with van der Waals surface area (Å²) in [5.41, 5.74) is 0.146. The van der Waals surface area contributed by atoms with Gasteiger partial charge in [-0.2, -0.15) is 4.31 Å². The lowest BCUT2D eigenvalue weighted by atomic mass is 10.2. The number of carbonyl (C=O) groups excluding carboxylic acids is 1. The van der Waals surface area contributed by atoms with E-state index in [9.17, 15) is 22.0 Å². The van der Waals surface area contributed by atoms with Gasteiger partial charge in [0.25, 0.3) is 5.91 Å². The van der Waals surface area contributed by atoms with Crippen molar-refractivity contribution in [3.8, 4) is 0 Å². The smallest absolute Gasteiger partial charge is 0.260 e. The van der Waals surface area contributed by atoms with Crippen molar-refractivity contribution >= 4 is 42.6 Å². The van der Waals surface area contributed by atoms with E-state index in [0.29, 0.717) is 12.4 Å². The van der Waals surface area contributed by atoms with Gasteiger partial charge in [-0.15, -0.1) is 0 Å². The van der Waals surface area contributed by atoms with Gasteiger partial charge < -0.3 is 9.15 Å². The molecule has 12 heteroatoms. The van der Waals surface area contributed by atoms with Crippen molar-refractivity contribution in [1.82, 2.24) is 9.29 Å². The number of ether oxygens (including phenoxy) is 1. The predicted molar refractivity (Wildman–Crippen MR) is 134 cm³/mol. The fraction of sp³-hybridized carbons (Fsp3) is 0.280. The molecule has 37 heavy (non-hydrogen) atoms. The van der Waals surface area contributed by atoms with E-state index in [-0.39, 0.29) is 45.0 Å². The fourth-order valence-electron chi connectivity index (χ4n) is 4.12. The second kappa shape index (κ2) is 10.3. The van der Waals surface area contributed by atoms with Crippen LogP contribution in [0.1, 0.15) is 29.0 Å². The van der Waals surface area contributed by atoms with E-state index in [1.807, 2.05) is 0 Å². The van der Waals surface area contributed by atoms with Gasteiger partial charge in [-0.3, -0.25) is 9.69 Å². The standard InChI is InChI=1S/C25H23F2N3O5S2/c1-29(14-18-4-2-10-34-18)37(32,33)20-8-6-16(7-9-20)24(31)30(15-19-5-3-11-35-19)25-28-23-21(27)12-17(26)13-22(23)36-25/h3,5-9,11-13,18H,2,4,10,14-15H2,1H3. The molecule has 4 aromatic rings. The summed E-state index contributed by atoms with van der Waals surface area (Å²) >= 11 is 0.963. The number of fused-ring (bicyclic) bond motifs is 1. The Morgan fingerprint density at radius 2 is 1.97 bits per heavy atom. The lowest BCUT2D eigenvalue weighted by Crippen LogP contribution is -2.34. The van der Waals surface area contributed by atoms with E-state index in [0.717, 1.165) is 36.3 Å². The van der Waals surface area contributed by atoms with Gasteiger partial charge in [-0.05, 0) is 55.3 Å². The first-order valence-electron chi connectivity index (χ1n) is 11.5. The maximum absolute atomic E-state index is 14.3. The Balaban J connectivity index is 1.43. The zero-order valence-electron chi connectivity index (χ0n) is 19.8. The number of sulfonamides is 1. The molecule has 2 aromatic carbocycles. The van der Waals surface area contributed by atoms with Crippen molar-refractivity contribution in [2.75, 3.05) is 25.1 Å². The number of carbonyl (C=O) groups is 1. The number of halogens is 2. The van der Waals surface area contributed by atoms with Crippen molar-refractivity contribution in [2.45, 2.75) is 30.4 Å². The third-order valence-electron chi connectivity index (χ3n) is 6.07. The third kappa shape index (κ3) is 5.28. The van der Waals surface area contributed by atoms with Gasteiger partial charge in [-0.25, -0.2) is 22.2 Å². The van der Waals surface area contributed by atoms with Crippen molar-refractivity contribution in [3.05, 3.63) is 77.8 Å². The molecule has 1 amide bonds. The van der Waals surface area contributed by atoms with Crippen molar-refractivity contribution in [2.24, 2.45) is 0 Å². The van der Waals surface area contributed by atoms with Crippen LogP contribution in [-0.2, 0) is 21.3 Å². The highest BCUT2D eigenvalue weighted by molar-refractivity contribution is 7.89. The summed E-state index contributed by atoms with van der Waals surface area (Å²) < 4.78 is 66.5. The number of hydrogen-bond donors (Lipinski definition) is 0. The first kappa shape index (κ1) is 25.5. The molecule has 1 atom stereocenters. The summed E-state index contributed by atoms with van der Waals surface area (Å²) in [7, 11) is -2.29. The second-order valence-electron chi connectivity index (χ2n) is 8.65. The number of benzene rings is 2. The number of aromatic nitrogens is 1. The van der Waals surface area contributed by atoms with Crippen LogP contribution in [0.4, 0.5) is 13.9 Å². The minimum absolute atomic E-state index is 0.0140. The average Bonchev–Trinajstić information content (AvgIpc) is 3.64. The molecule has 194 valence electrons. The molecule has 0 aliphatic carbocycles. The quantitative estimate of drug-likeness (QED) is 0.314. The van der Waals surface area contributed by atoms with Gasteiger partial charge in [-0.1, -0.05) is 11.3 Å². The number of furan rings is 1. The largest absolute Gasteiger partial charge is 0.467 e. The Labute approximate surface area is 216 Å². The first-order valence-corrected chi connectivity index (χ1v) is 13.8. The summed E-state index contributed by atoms with van der Waals surface area (Å²) in [5.74, 6) is -1.63. The molecule has 1 aliphatic heterocycles. The molecule has 0 spiro atoms. The van der Waals surface area contributed by atoms with E-state index in [2.05, 4.69) is 4.98 Å². The van der Waals surface area contributed by atoms with E-state index in [1.165, 1.54) is 46.8 Å². The average molecular weight is 548 g/mol. The van der Waals surface area contributed by atoms with Gasteiger partial charge in [0, 0.05) is 31.8 Å². The summed E-state index contributed by atoms with van der Waals surface area (Å²) in [4.78, 5) is 19.1. The van der Waals surface area contributed by atoms with Gasteiger partial charge in [0.05, 0.1) is 28.5 Å². The number of anilines is 1. The molecule has 0 N–H and O–H groups in total. The number of likely N-dealkylation sites (N-methyl/N-ethyl adjacent to an activating group) is 1. The molecule has 0 saturated carbocycles. The molecule has 5 rings (SSSR count). The second-order valence-corrected chi connectivity index (χ2v) is 11.7. The van der Waals surface area contributed by atoms with Crippen LogP contribution in [0.2, 0.25) is 0 Å². The summed E-state index contributed by atoms with van der Waals surface area (Å²) in [6.45, 7) is 0.856. The van der Waals surface area contributed by atoms with Crippen LogP contribution in [0, 0.1) is 11.6 Å². The SMILES string of the molecule is CN(CC1CCCO1)S(=O)(=O)c1ccc(C(=O)N(Cc2ccco2)c2nc3c(F)cc(F)cc3s2)cc1. The lowest BCUT2D eigenvalue weighted by Gasteiger charge is -2.21. The normalized spacial score (nSPS) is 16.1. The topological polar surface area (TPSA) is 93.0 Å². The van der Waals surface area contributed by atoms with Crippen molar-refractivity contribution in [1.29, 1.82) is 0 Å². The molecule has 0 bridgehead atoms. The Morgan fingerprint density at radius 3 is 2.65 bits per heavy atom. The zero-order chi connectivity index (χ0) is 26.2. The Kier molecular flexibility index (Phi) is 7.08. The number of hydrogen-bond acceptors (Lipinski definition) is 7. The van der Waals surface area contributed by atoms with E-state index >= 15 is 0 Å². The van der Waals surface area contributed by atoms with Crippen molar-refractivity contribution in [3.63, 3.8) is 0 Å². The van der Waals surface area contributed by atoms with Gasteiger partial charge in [0.2, 0.25) is 10.0 Å². The van der Waals surface area contributed by atoms with Gasteiger partial charge >= 0.3 is 0 Å². The third-order valence-corrected chi connectivity index (χ3v) is 8.93. The molecule has 2 aromatic heterocycles. The molecule has 1 aliphatic rings. The monoisotopic (exact) mass is 547 g/mol. The van der Waals surface area contributed by atoms with Crippen LogP contribution in [0.25, 0.3) is 10.2 Å². The molecule has 1 unspecified atom stereocenters. The van der Waals surface area contributed by atoms with E-state index in [4.69, 9.17) is 9.15 Å². The number of thiazole rings is 1. The van der Waals surface area contributed by atoms with Gasteiger partial charge in [0.1, 0.15) is 17.1 Å². The fourth-order valence-corrected chi connectivity index (χ4v) is 6.33. The molecule has 1 fully saturated rings. The minimum Gasteiger partial charge on any atom is -0.467 e. The maximum Gasteiger partial charge on any atom is 0.260 e. The molecular weight excluding hydrogens is 524 g/mol. The Bertz CT molecular complexity index is 1520. The van der Waals surface area contributed by atoms with Crippen LogP contribution in [0.15, 0.2) is 64.1 Å². The van der Waals surface area contributed by atoms with E-state index < -0.39 is 27.6 Å². The number of rotatable bonds is 8. The molecule has 0 radical (unpaired) electrons. The van der Waals surface area contributed by atoms with Crippen LogP contribution in [-0.4, -0.2) is 49.9 Å². The lowest BCUT2D eigenvalue weighted by molar-refractivity contribution is 0.0978. The molecular formula is C25H23F2N3O5S2. The number of amides is 1. The van der Waals surface area contributed by atoms with Crippen molar-refractivity contribution < 1.29 is 31.1 Å². The highest BCUT2D eigenvalue weighted by atomic mass is 32.2. The van der Waals surface area contributed by atoms with E-state index in [1.54, 1.807) is 12.1 Å². The summed E-state index contributed by atoms with van der Waals surface area (Å²) in [6, 6.07) is 10.8. The van der Waals surface area contributed by atoms with Gasteiger partial charge in [0.15, 0.2) is 10.9 Å². The predicted octanol–water partition coefficient (Wildman–Crippen LogP) is 4.81. The zero-order valence-corrected chi connectivity index (χ0v) is 21.4. The summed E-state index contributed by atoms with van der Waals surface area (Å²) in [5, 5.41) is 0.147. The van der Waals surface area contributed by atoms with Crippen LogP contribution < -0.4 is 4.90 Å². The Morgan fingerprint density at radius 1 is 1.19 bits per heavy atom. The van der Waals surface area contributed by atoms with Crippen LogP contribution >= 0.6 is 11.3 Å². The van der Waals surface area contributed by atoms with Crippen LogP contribution in [0.3, 0.4) is 0 Å². The summed E-state index contributed by atoms with van der Waals surface area (Å²) in [6.07, 6.45) is 3.03. The first-order chi connectivity index (χ1) is 17.7. The highest BCUT2D eigenvalue weighted by Crippen LogP contribution is 2.33. The number of nitrogens with zero attached hydrogens (tertiary/aromatic N) is 3. The molecule has 8 nitrogen and oxygen atoms in total. The Hall–Kier alpha value is -3.19.